The third-order valence-corrected chi connectivity index (χ3v) is 5.93. The number of hydrazone groups is 1. The summed E-state index contributed by atoms with van der Waals surface area (Å²) in [5, 5.41) is 8.95. The first-order valence-electron chi connectivity index (χ1n) is 10.1. The number of hydrogen-bond acceptors (Lipinski definition) is 5. The molecule has 0 saturated heterocycles. The molecule has 6 heteroatoms. The Morgan fingerprint density at radius 3 is 2.61 bits per heavy atom. The predicted octanol–water partition coefficient (Wildman–Crippen LogP) is 5.57. The SMILES string of the molecule is CCOc1ccc2ccccc2c1C(=O)CCC(=O)N/N=C/c1csc2ccccc12. The number of ether oxygens (including phenoxy) is 1. The summed E-state index contributed by atoms with van der Waals surface area (Å²) in [6.45, 7) is 2.34. The minimum Gasteiger partial charge on any atom is -0.493 e. The molecule has 0 fully saturated rings. The molecule has 0 spiro atoms. The van der Waals surface area contributed by atoms with Gasteiger partial charge in [0, 0.05) is 33.9 Å². The highest BCUT2D eigenvalue weighted by Gasteiger charge is 2.17. The summed E-state index contributed by atoms with van der Waals surface area (Å²) in [5.74, 6) is 0.125. The summed E-state index contributed by atoms with van der Waals surface area (Å²) < 4.78 is 6.84. The van der Waals surface area contributed by atoms with Crippen LogP contribution in [0.2, 0.25) is 0 Å². The van der Waals surface area contributed by atoms with E-state index in [9.17, 15) is 9.59 Å². The third-order valence-electron chi connectivity index (χ3n) is 4.95. The van der Waals surface area contributed by atoms with Crippen molar-refractivity contribution in [3.05, 3.63) is 77.2 Å². The molecule has 5 nitrogen and oxygen atoms in total. The molecular formula is C25H22N2O3S. The van der Waals surface area contributed by atoms with E-state index in [4.69, 9.17) is 4.74 Å². The molecule has 1 aromatic heterocycles. The summed E-state index contributed by atoms with van der Waals surface area (Å²) in [6.07, 6.45) is 1.77. The van der Waals surface area contributed by atoms with Crippen LogP contribution in [0.4, 0.5) is 0 Å². The van der Waals surface area contributed by atoms with E-state index in [-0.39, 0.29) is 24.5 Å². The average molecular weight is 431 g/mol. The zero-order valence-electron chi connectivity index (χ0n) is 17.1. The van der Waals surface area contributed by atoms with Crippen LogP contribution in [-0.2, 0) is 4.79 Å². The van der Waals surface area contributed by atoms with Gasteiger partial charge in [0.05, 0.1) is 18.4 Å². The van der Waals surface area contributed by atoms with Gasteiger partial charge in [-0.3, -0.25) is 9.59 Å². The summed E-state index contributed by atoms with van der Waals surface area (Å²) >= 11 is 1.63. The number of benzene rings is 3. The molecule has 156 valence electrons. The molecule has 1 amide bonds. The van der Waals surface area contributed by atoms with E-state index in [1.54, 1.807) is 17.6 Å². The first-order valence-corrected chi connectivity index (χ1v) is 11.0. The van der Waals surface area contributed by atoms with Crippen molar-refractivity contribution < 1.29 is 14.3 Å². The van der Waals surface area contributed by atoms with Gasteiger partial charge < -0.3 is 4.74 Å². The van der Waals surface area contributed by atoms with Crippen LogP contribution in [0.5, 0.6) is 5.75 Å². The molecule has 0 radical (unpaired) electrons. The van der Waals surface area contributed by atoms with Gasteiger partial charge in [0.15, 0.2) is 5.78 Å². The number of ketones is 1. The Balaban J connectivity index is 1.42. The lowest BCUT2D eigenvalue weighted by Gasteiger charge is -2.12. The van der Waals surface area contributed by atoms with Gasteiger partial charge in [0.2, 0.25) is 5.91 Å². The number of carbonyl (C=O) groups is 2. The number of Topliss-reactive ketones (excluding diaryl/α,β-unsaturated/α-hetero) is 1. The summed E-state index contributed by atoms with van der Waals surface area (Å²) in [4.78, 5) is 25.2. The molecule has 0 aliphatic heterocycles. The van der Waals surface area contributed by atoms with Gasteiger partial charge in [-0.15, -0.1) is 11.3 Å². The van der Waals surface area contributed by atoms with Crippen LogP contribution >= 0.6 is 11.3 Å². The highest BCUT2D eigenvalue weighted by atomic mass is 32.1. The van der Waals surface area contributed by atoms with Crippen molar-refractivity contribution in [3.63, 3.8) is 0 Å². The molecule has 1 N–H and O–H groups in total. The van der Waals surface area contributed by atoms with E-state index in [0.29, 0.717) is 17.9 Å². The monoisotopic (exact) mass is 430 g/mol. The van der Waals surface area contributed by atoms with Gasteiger partial charge in [-0.05, 0) is 29.8 Å². The van der Waals surface area contributed by atoms with Crippen molar-refractivity contribution in [1.82, 2.24) is 5.43 Å². The molecule has 31 heavy (non-hydrogen) atoms. The maximum absolute atomic E-state index is 13.0. The van der Waals surface area contributed by atoms with E-state index in [1.165, 1.54) is 4.70 Å². The van der Waals surface area contributed by atoms with Crippen molar-refractivity contribution >= 4 is 50.1 Å². The van der Waals surface area contributed by atoms with E-state index in [1.807, 2.05) is 73.0 Å². The quantitative estimate of drug-likeness (QED) is 0.226. The van der Waals surface area contributed by atoms with Gasteiger partial charge in [-0.2, -0.15) is 5.10 Å². The van der Waals surface area contributed by atoms with Crippen molar-refractivity contribution in [1.29, 1.82) is 0 Å². The van der Waals surface area contributed by atoms with Gasteiger partial charge in [0.1, 0.15) is 5.75 Å². The molecule has 3 aromatic carbocycles. The molecular weight excluding hydrogens is 408 g/mol. The first-order chi connectivity index (χ1) is 15.2. The van der Waals surface area contributed by atoms with Crippen LogP contribution in [0.25, 0.3) is 20.9 Å². The summed E-state index contributed by atoms with van der Waals surface area (Å²) in [6, 6.07) is 19.5. The summed E-state index contributed by atoms with van der Waals surface area (Å²) in [5.41, 5.74) is 4.00. The number of thiophene rings is 1. The zero-order chi connectivity index (χ0) is 21.6. The normalized spacial score (nSPS) is 11.3. The smallest absolute Gasteiger partial charge is 0.240 e. The minimum atomic E-state index is -0.303. The van der Waals surface area contributed by atoms with Crippen LogP contribution < -0.4 is 10.2 Å². The molecule has 0 atom stereocenters. The fourth-order valence-corrected chi connectivity index (χ4v) is 4.41. The number of carbonyl (C=O) groups excluding carboxylic acids is 2. The molecule has 4 rings (SSSR count). The first kappa shape index (κ1) is 20.8. The highest BCUT2D eigenvalue weighted by molar-refractivity contribution is 7.17. The van der Waals surface area contributed by atoms with Gasteiger partial charge in [-0.25, -0.2) is 5.43 Å². The average Bonchev–Trinajstić information content (AvgIpc) is 3.20. The molecule has 4 aromatic rings. The largest absolute Gasteiger partial charge is 0.493 e. The lowest BCUT2D eigenvalue weighted by Crippen LogP contribution is -2.18. The number of amides is 1. The number of fused-ring (bicyclic) bond motifs is 2. The maximum atomic E-state index is 13.0. The van der Waals surface area contributed by atoms with Gasteiger partial charge in [-0.1, -0.05) is 48.5 Å². The Hall–Kier alpha value is -3.51. The van der Waals surface area contributed by atoms with Crippen molar-refractivity contribution in [2.45, 2.75) is 19.8 Å². The van der Waals surface area contributed by atoms with Crippen LogP contribution in [-0.4, -0.2) is 24.5 Å². The van der Waals surface area contributed by atoms with Gasteiger partial charge >= 0.3 is 0 Å². The second-order valence-electron chi connectivity index (χ2n) is 7.00. The highest BCUT2D eigenvalue weighted by Crippen LogP contribution is 2.29. The maximum Gasteiger partial charge on any atom is 0.240 e. The Morgan fingerprint density at radius 2 is 1.77 bits per heavy atom. The molecule has 0 unspecified atom stereocenters. The Bertz CT molecular complexity index is 1280. The number of nitrogens with zero attached hydrogens (tertiary/aromatic N) is 1. The molecule has 0 bridgehead atoms. The molecule has 1 heterocycles. The van der Waals surface area contributed by atoms with E-state index < -0.39 is 0 Å². The Kier molecular flexibility index (Phi) is 6.38. The third kappa shape index (κ3) is 4.64. The lowest BCUT2D eigenvalue weighted by molar-refractivity contribution is -0.121. The number of nitrogens with one attached hydrogen (secondary N) is 1. The summed E-state index contributed by atoms with van der Waals surface area (Å²) in [7, 11) is 0. The Morgan fingerprint density at radius 1 is 1.00 bits per heavy atom. The van der Waals surface area contributed by atoms with Crippen LogP contribution in [0.1, 0.15) is 35.7 Å². The van der Waals surface area contributed by atoms with Crippen molar-refractivity contribution in [2.75, 3.05) is 6.61 Å². The molecule has 0 aliphatic rings. The fraction of sp³-hybridized carbons (Fsp3) is 0.160. The van der Waals surface area contributed by atoms with E-state index >= 15 is 0 Å². The second-order valence-corrected chi connectivity index (χ2v) is 7.91. The second kappa shape index (κ2) is 9.53. The van der Waals surface area contributed by atoms with Crippen molar-refractivity contribution in [2.24, 2.45) is 5.10 Å². The number of rotatable bonds is 8. The van der Waals surface area contributed by atoms with Crippen LogP contribution in [0, 0.1) is 0 Å². The van der Waals surface area contributed by atoms with Crippen LogP contribution in [0.15, 0.2) is 71.1 Å². The predicted molar refractivity (Wildman–Crippen MR) is 126 cm³/mol. The van der Waals surface area contributed by atoms with Crippen LogP contribution in [0.3, 0.4) is 0 Å². The van der Waals surface area contributed by atoms with Crippen molar-refractivity contribution in [3.8, 4) is 5.75 Å². The van der Waals surface area contributed by atoms with Gasteiger partial charge in [0.25, 0.3) is 0 Å². The molecule has 0 saturated carbocycles. The topological polar surface area (TPSA) is 67.8 Å². The minimum absolute atomic E-state index is 0.0509. The number of hydrogen-bond donors (Lipinski definition) is 1. The lowest BCUT2D eigenvalue weighted by atomic mass is 9.98. The molecule has 0 aliphatic carbocycles. The Labute approximate surface area is 184 Å². The fourth-order valence-electron chi connectivity index (χ4n) is 3.50. The standard InChI is InChI=1S/C25H22N2O3S/c1-2-30-22-13-11-17-7-3-4-9-20(17)25(22)21(28)12-14-24(29)27-26-15-18-16-31-23-10-6-5-8-19(18)23/h3-11,13,15-16H,2,12,14H2,1H3,(H,27,29)/b26-15+. The van der Waals surface area contributed by atoms with E-state index in [2.05, 4.69) is 10.5 Å². The van der Waals surface area contributed by atoms with E-state index in [0.717, 1.165) is 21.7 Å². The zero-order valence-corrected chi connectivity index (χ0v) is 17.9.